The Kier molecular flexibility index (Phi) is 7.75. The molecule has 0 aliphatic carbocycles. The zero-order chi connectivity index (χ0) is 13.4. The third-order valence-corrected chi connectivity index (χ3v) is 3.93. The second kappa shape index (κ2) is 8.81. The molecule has 1 rings (SSSR count). The normalized spacial score (nSPS) is 14.4. The van der Waals surface area contributed by atoms with Crippen LogP contribution in [-0.4, -0.2) is 29.7 Å². The number of hydrogen-bond acceptors (Lipinski definition) is 3. The van der Waals surface area contributed by atoms with Crippen LogP contribution >= 0.6 is 23.4 Å². The fourth-order valence-electron chi connectivity index (χ4n) is 1.73. The number of hydrogen-bond donors (Lipinski definition) is 1. The number of aliphatic hydroxyl groups excluding tert-OH is 1. The Bertz CT molecular complexity index is 340. The van der Waals surface area contributed by atoms with Crippen molar-refractivity contribution in [2.45, 2.75) is 43.8 Å². The maximum Gasteiger partial charge on any atom is 0.0895 e. The lowest BCUT2D eigenvalue weighted by Crippen LogP contribution is -2.31. The van der Waals surface area contributed by atoms with Crippen LogP contribution in [0.15, 0.2) is 29.2 Å². The van der Waals surface area contributed by atoms with E-state index >= 15 is 0 Å². The second-order valence-electron chi connectivity index (χ2n) is 4.12. The van der Waals surface area contributed by atoms with Crippen LogP contribution in [0.4, 0.5) is 0 Å². The van der Waals surface area contributed by atoms with Crippen LogP contribution < -0.4 is 0 Å². The van der Waals surface area contributed by atoms with E-state index in [1.807, 2.05) is 31.2 Å². The Labute approximate surface area is 119 Å². The maximum atomic E-state index is 10.1. The Hall–Kier alpha value is -0.220. The lowest BCUT2D eigenvalue weighted by molar-refractivity contribution is -0.0264. The van der Waals surface area contributed by atoms with Gasteiger partial charge in [-0.3, -0.25) is 0 Å². The second-order valence-corrected chi connectivity index (χ2v) is 5.65. The molecule has 0 bridgehead atoms. The van der Waals surface area contributed by atoms with Crippen LogP contribution in [0.2, 0.25) is 5.02 Å². The summed E-state index contributed by atoms with van der Waals surface area (Å²) in [5.74, 6) is 0.630. The molecule has 2 unspecified atom stereocenters. The van der Waals surface area contributed by atoms with Gasteiger partial charge in [-0.15, -0.1) is 11.8 Å². The van der Waals surface area contributed by atoms with Crippen LogP contribution in [0.1, 0.15) is 26.7 Å². The fourth-order valence-corrected chi connectivity index (χ4v) is 2.95. The Morgan fingerprint density at radius 2 is 2.17 bits per heavy atom. The zero-order valence-electron chi connectivity index (χ0n) is 10.9. The molecule has 0 saturated heterocycles. The van der Waals surface area contributed by atoms with Crippen molar-refractivity contribution in [2.75, 3.05) is 12.4 Å². The number of rotatable bonds is 8. The monoisotopic (exact) mass is 288 g/mol. The lowest BCUT2D eigenvalue weighted by Gasteiger charge is -2.22. The highest BCUT2D eigenvalue weighted by Crippen LogP contribution is 2.23. The van der Waals surface area contributed by atoms with Crippen molar-refractivity contribution in [1.82, 2.24) is 0 Å². The molecule has 2 nitrogen and oxygen atoms in total. The molecule has 0 heterocycles. The van der Waals surface area contributed by atoms with Gasteiger partial charge < -0.3 is 9.84 Å². The third-order valence-electron chi connectivity index (χ3n) is 2.60. The summed E-state index contributed by atoms with van der Waals surface area (Å²) in [4.78, 5) is 1.08. The van der Waals surface area contributed by atoms with Crippen molar-refractivity contribution in [3.63, 3.8) is 0 Å². The van der Waals surface area contributed by atoms with Crippen molar-refractivity contribution in [1.29, 1.82) is 0 Å². The van der Waals surface area contributed by atoms with E-state index in [4.69, 9.17) is 16.3 Å². The topological polar surface area (TPSA) is 29.5 Å². The summed E-state index contributed by atoms with van der Waals surface area (Å²) in [5, 5.41) is 10.8. The number of benzene rings is 1. The van der Waals surface area contributed by atoms with E-state index in [1.54, 1.807) is 11.8 Å². The number of ether oxygens (including phenoxy) is 1. The van der Waals surface area contributed by atoms with E-state index in [9.17, 15) is 5.11 Å². The first-order valence-electron chi connectivity index (χ1n) is 6.35. The molecule has 0 spiro atoms. The van der Waals surface area contributed by atoms with Gasteiger partial charge in [-0.05, 0) is 31.5 Å². The molecule has 0 aliphatic rings. The van der Waals surface area contributed by atoms with E-state index in [-0.39, 0.29) is 6.10 Å². The van der Waals surface area contributed by atoms with Gasteiger partial charge in [0.1, 0.15) is 0 Å². The predicted molar refractivity (Wildman–Crippen MR) is 78.5 cm³/mol. The minimum absolute atomic E-state index is 0.0633. The van der Waals surface area contributed by atoms with Crippen molar-refractivity contribution in [3.05, 3.63) is 29.3 Å². The standard InChI is InChI=1S/C14H21ClO2S/c1-3-6-14(17-4-2)13(16)10-18-12-8-5-7-11(15)9-12/h5,7-9,13-14,16H,3-4,6,10H2,1-2H3. The van der Waals surface area contributed by atoms with E-state index < -0.39 is 6.10 Å². The molecule has 0 saturated carbocycles. The van der Waals surface area contributed by atoms with Gasteiger partial charge >= 0.3 is 0 Å². The van der Waals surface area contributed by atoms with Crippen LogP contribution in [-0.2, 0) is 4.74 Å². The summed E-state index contributed by atoms with van der Waals surface area (Å²) in [6.45, 7) is 4.70. The van der Waals surface area contributed by atoms with Gasteiger partial charge in [0, 0.05) is 22.3 Å². The third kappa shape index (κ3) is 5.61. The summed E-state index contributed by atoms with van der Waals surface area (Å²) in [5.41, 5.74) is 0. The summed E-state index contributed by atoms with van der Waals surface area (Å²) < 4.78 is 5.57. The summed E-state index contributed by atoms with van der Waals surface area (Å²) in [7, 11) is 0. The highest BCUT2D eigenvalue weighted by molar-refractivity contribution is 7.99. The van der Waals surface area contributed by atoms with E-state index in [2.05, 4.69) is 6.92 Å². The van der Waals surface area contributed by atoms with Gasteiger partial charge in [0.2, 0.25) is 0 Å². The predicted octanol–water partition coefficient (Wildman–Crippen LogP) is 4.00. The Morgan fingerprint density at radius 1 is 1.39 bits per heavy atom. The molecule has 0 amide bonds. The average molecular weight is 289 g/mol. The molecule has 2 atom stereocenters. The smallest absolute Gasteiger partial charge is 0.0895 e. The molecule has 0 aliphatic heterocycles. The molecule has 102 valence electrons. The van der Waals surface area contributed by atoms with Gasteiger partial charge in [0.25, 0.3) is 0 Å². The molecule has 18 heavy (non-hydrogen) atoms. The van der Waals surface area contributed by atoms with E-state index in [0.717, 1.165) is 22.8 Å². The minimum atomic E-state index is -0.436. The first-order valence-corrected chi connectivity index (χ1v) is 7.71. The fraction of sp³-hybridized carbons (Fsp3) is 0.571. The highest BCUT2D eigenvalue weighted by atomic mass is 35.5. The first kappa shape index (κ1) is 15.8. The molecule has 4 heteroatoms. The molecular formula is C14H21ClO2S. The zero-order valence-corrected chi connectivity index (χ0v) is 12.5. The lowest BCUT2D eigenvalue weighted by atomic mass is 10.1. The summed E-state index contributed by atoms with van der Waals surface area (Å²) >= 11 is 7.53. The van der Waals surface area contributed by atoms with Gasteiger partial charge in [0.15, 0.2) is 0 Å². The minimum Gasteiger partial charge on any atom is -0.390 e. The summed E-state index contributed by atoms with van der Waals surface area (Å²) in [6.07, 6.45) is 1.41. The van der Waals surface area contributed by atoms with Crippen molar-refractivity contribution in [2.24, 2.45) is 0 Å². The largest absolute Gasteiger partial charge is 0.390 e. The quantitative estimate of drug-likeness (QED) is 0.733. The molecule has 1 aromatic carbocycles. The molecule has 1 aromatic rings. The van der Waals surface area contributed by atoms with Crippen molar-refractivity contribution in [3.8, 4) is 0 Å². The van der Waals surface area contributed by atoms with Gasteiger partial charge in [0.05, 0.1) is 12.2 Å². The van der Waals surface area contributed by atoms with Gasteiger partial charge in [-0.1, -0.05) is 31.0 Å². The Balaban J connectivity index is 2.45. The van der Waals surface area contributed by atoms with Crippen LogP contribution in [0, 0.1) is 0 Å². The van der Waals surface area contributed by atoms with Crippen molar-refractivity contribution >= 4 is 23.4 Å². The molecule has 0 aromatic heterocycles. The average Bonchev–Trinajstić information content (AvgIpc) is 2.36. The highest BCUT2D eigenvalue weighted by Gasteiger charge is 2.18. The van der Waals surface area contributed by atoms with Gasteiger partial charge in [-0.25, -0.2) is 0 Å². The van der Waals surface area contributed by atoms with E-state index in [0.29, 0.717) is 12.4 Å². The number of aliphatic hydroxyl groups is 1. The summed E-state index contributed by atoms with van der Waals surface area (Å²) in [6, 6.07) is 7.68. The maximum absolute atomic E-state index is 10.1. The van der Waals surface area contributed by atoms with Crippen molar-refractivity contribution < 1.29 is 9.84 Å². The van der Waals surface area contributed by atoms with Crippen LogP contribution in [0.5, 0.6) is 0 Å². The SMILES string of the molecule is CCCC(OCC)C(O)CSc1cccc(Cl)c1. The van der Waals surface area contributed by atoms with E-state index in [1.165, 1.54) is 0 Å². The van der Waals surface area contributed by atoms with Crippen LogP contribution in [0.3, 0.4) is 0 Å². The number of halogens is 1. The molecule has 0 radical (unpaired) electrons. The van der Waals surface area contributed by atoms with Crippen LogP contribution in [0.25, 0.3) is 0 Å². The van der Waals surface area contributed by atoms with Gasteiger partial charge in [-0.2, -0.15) is 0 Å². The number of thioether (sulfide) groups is 1. The first-order chi connectivity index (χ1) is 8.67. The molecule has 1 N–H and O–H groups in total. The Morgan fingerprint density at radius 3 is 2.78 bits per heavy atom. The molecular weight excluding hydrogens is 268 g/mol. The molecule has 0 fully saturated rings.